The number of aromatic nitrogens is 2. The Kier molecular flexibility index (Phi) is 7.01. The van der Waals surface area contributed by atoms with Gasteiger partial charge in [-0.05, 0) is 56.0 Å². The predicted molar refractivity (Wildman–Crippen MR) is 140 cm³/mol. The summed E-state index contributed by atoms with van der Waals surface area (Å²) in [5.41, 5.74) is 13.1. The van der Waals surface area contributed by atoms with Gasteiger partial charge >= 0.3 is 6.09 Å². The first-order valence-electron chi connectivity index (χ1n) is 12.1. The maximum Gasteiger partial charge on any atom is 0.405 e. The number of amides is 1. The lowest BCUT2D eigenvalue weighted by Crippen LogP contribution is -2.51. The van der Waals surface area contributed by atoms with E-state index < -0.39 is 17.5 Å². The molecule has 2 aromatic carbocycles. The minimum atomic E-state index is -0.738. The van der Waals surface area contributed by atoms with Gasteiger partial charge in [0.15, 0.2) is 0 Å². The number of primary amides is 1. The first-order valence-corrected chi connectivity index (χ1v) is 12.1. The van der Waals surface area contributed by atoms with E-state index in [4.69, 9.17) is 21.2 Å². The Labute approximate surface area is 210 Å². The second-order valence-corrected chi connectivity index (χ2v) is 10.3. The highest BCUT2D eigenvalue weighted by Gasteiger charge is 2.47. The van der Waals surface area contributed by atoms with Crippen molar-refractivity contribution < 1.29 is 13.9 Å². The molecule has 1 amide bonds. The van der Waals surface area contributed by atoms with Gasteiger partial charge in [-0.1, -0.05) is 39.0 Å². The Morgan fingerprint density at radius 3 is 2.50 bits per heavy atom. The zero-order valence-electron chi connectivity index (χ0n) is 20.8. The summed E-state index contributed by atoms with van der Waals surface area (Å²) in [4.78, 5) is 20.7. The summed E-state index contributed by atoms with van der Waals surface area (Å²) in [6.45, 7) is 6.20. The van der Waals surface area contributed by atoms with Crippen LogP contribution >= 0.6 is 0 Å². The maximum atomic E-state index is 14.4. The zero-order valence-corrected chi connectivity index (χ0v) is 20.8. The van der Waals surface area contributed by atoms with Gasteiger partial charge < -0.3 is 26.8 Å². The molecule has 36 heavy (non-hydrogen) atoms. The molecule has 1 aliphatic rings. The molecule has 0 spiro atoms. The minimum absolute atomic E-state index is 0.129. The molecular formula is C27H33FN6O2. The molecule has 0 saturated heterocycles. The van der Waals surface area contributed by atoms with Crippen LogP contribution < -0.4 is 22.1 Å². The normalized spacial score (nSPS) is 19.9. The highest BCUT2D eigenvalue weighted by molar-refractivity contribution is 5.79. The second kappa shape index (κ2) is 10.0. The number of nitrogens with two attached hydrogens (primary N) is 2. The number of nitrogens with one attached hydrogen (secondary N) is 2. The van der Waals surface area contributed by atoms with Gasteiger partial charge in [-0.2, -0.15) is 0 Å². The largest absolute Gasteiger partial charge is 0.443 e. The molecule has 4 rings (SSSR count). The fourth-order valence-corrected chi connectivity index (χ4v) is 4.78. The van der Waals surface area contributed by atoms with Crippen LogP contribution in [0.25, 0.3) is 11.3 Å². The highest BCUT2D eigenvalue weighted by atomic mass is 19.1. The van der Waals surface area contributed by atoms with Crippen LogP contribution in [-0.4, -0.2) is 27.7 Å². The molecule has 1 aromatic heterocycles. The van der Waals surface area contributed by atoms with E-state index in [1.165, 1.54) is 6.07 Å². The number of carbonyl (C=O) groups excluding carboxylic acids is 1. The quantitative estimate of drug-likeness (QED) is 0.318. The Hall–Kier alpha value is -3.88. The second-order valence-electron chi connectivity index (χ2n) is 10.3. The van der Waals surface area contributed by atoms with E-state index in [2.05, 4.69) is 36.4 Å². The number of benzene rings is 2. The standard InChI is InChI=1S/C27H33FN6O2/c1-26(2,3)27(36-24(30)35)13-10-18(11-14-27)32-25-31-15-12-22(34-25)19-6-4-5-7-21(19)33-23-9-8-17(29)16-20(23)28/h4-9,12,15-16,18,33H,10-11,13-14,29H2,1-3H3,(H2,30,35)(H,31,32,34). The van der Waals surface area contributed by atoms with Crippen molar-refractivity contribution in [2.75, 3.05) is 16.4 Å². The summed E-state index contributed by atoms with van der Waals surface area (Å²) in [5.74, 6) is 0.0730. The predicted octanol–water partition coefficient (Wildman–Crippen LogP) is 5.84. The van der Waals surface area contributed by atoms with Crippen molar-refractivity contribution in [3.05, 3.63) is 60.5 Å². The SMILES string of the molecule is CC(C)(C)C1(OC(N)=O)CCC(Nc2nccc(-c3ccccc3Nc3ccc(N)cc3F)n2)CC1. The van der Waals surface area contributed by atoms with Gasteiger partial charge in [0, 0.05) is 34.6 Å². The fraction of sp³-hybridized carbons (Fsp3) is 0.370. The van der Waals surface area contributed by atoms with Crippen molar-refractivity contribution in [3.63, 3.8) is 0 Å². The number of halogens is 1. The summed E-state index contributed by atoms with van der Waals surface area (Å²) in [5, 5.41) is 6.57. The smallest absolute Gasteiger partial charge is 0.405 e. The maximum absolute atomic E-state index is 14.4. The molecule has 1 fully saturated rings. The molecular weight excluding hydrogens is 459 g/mol. The summed E-state index contributed by atoms with van der Waals surface area (Å²) >= 11 is 0. The molecule has 0 atom stereocenters. The van der Waals surface area contributed by atoms with Gasteiger partial charge in [0.25, 0.3) is 0 Å². The van der Waals surface area contributed by atoms with Crippen molar-refractivity contribution >= 4 is 29.1 Å². The molecule has 6 N–H and O–H groups in total. The fourth-order valence-electron chi connectivity index (χ4n) is 4.78. The Bertz CT molecular complexity index is 1230. The lowest BCUT2D eigenvalue weighted by molar-refractivity contribution is -0.0905. The van der Waals surface area contributed by atoms with Crippen molar-refractivity contribution in [1.29, 1.82) is 0 Å². The number of nitrogen functional groups attached to an aromatic ring is 1. The van der Waals surface area contributed by atoms with E-state index in [-0.39, 0.29) is 11.5 Å². The van der Waals surface area contributed by atoms with Crippen molar-refractivity contribution in [3.8, 4) is 11.3 Å². The zero-order chi connectivity index (χ0) is 25.9. The van der Waals surface area contributed by atoms with Crippen molar-refractivity contribution in [2.24, 2.45) is 11.1 Å². The number of hydrogen-bond acceptors (Lipinski definition) is 7. The third kappa shape index (κ3) is 5.50. The van der Waals surface area contributed by atoms with Gasteiger partial charge in [-0.25, -0.2) is 19.2 Å². The Morgan fingerprint density at radius 1 is 1.11 bits per heavy atom. The number of rotatable bonds is 6. The molecule has 0 aliphatic heterocycles. The van der Waals surface area contributed by atoms with E-state index in [1.54, 1.807) is 18.3 Å². The Balaban J connectivity index is 1.50. The molecule has 3 aromatic rings. The number of hydrogen-bond donors (Lipinski definition) is 4. The lowest BCUT2D eigenvalue weighted by atomic mass is 9.67. The first-order chi connectivity index (χ1) is 17.1. The Morgan fingerprint density at radius 2 is 1.83 bits per heavy atom. The molecule has 0 unspecified atom stereocenters. The third-order valence-electron chi connectivity index (χ3n) is 6.91. The van der Waals surface area contributed by atoms with Crippen LogP contribution in [0.1, 0.15) is 46.5 Å². The monoisotopic (exact) mass is 492 g/mol. The van der Waals surface area contributed by atoms with E-state index in [0.29, 0.717) is 41.5 Å². The van der Waals surface area contributed by atoms with Crippen LogP contribution in [0.15, 0.2) is 54.7 Å². The van der Waals surface area contributed by atoms with Gasteiger partial charge in [-0.3, -0.25) is 0 Å². The van der Waals surface area contributed by atoms with Crippen molar-refractivity contribution in [1.82, 2.24) is 9.97 Å². The molecule has 9 heteroatoms. The number of carbonyl (C=O) groups is 1. The first kappa shape index (κ1) is 25.2. The van der Waals surface area contributed by atoms with Gasteiger partial charge in [-0.15, -0.1) is 0 Å². The molecule has 1 saturated carbocycles. The van der Waals surface area contributed by atoms with E-state index >= 15 is 0 Å². The number of nitrogens with zero attached hydrogens (tertiary/aromatic N) is 2. The molecule has 190 valence electrons. The average Bonchev–Trinajstić information content (AvgIpc) is 2.82. The minimum Gasteiger partial charge on any atom is -0.443 e. The molecule has 0 radical (unpaired) electrons. The number of ether oxygens (including phenoxy) is 1. The van der Waals surface area contributed by atoms with E-state index in [0.717, 1.165) is 18.4 Å². The van der Waals surface area contributed by atoms with Crippen LogP contribution in [0.2, 0.25) is 0 Å². The van der Waals surface area contributed by atoms with Gasteiger partial charge in [0.05, 0.1) is 11.4 Å². The highest BCUT2D eigenvalue weighted by Crippen LogP contribution is 2.45. The van der Waals surface area contributed by atoms with Crippen LogP contribution in [0.5, 0.6) is 0 Å². The number of anilines is 4. The van der Waals surface area contributed by atoms with Crippen LogP contribution in [0.4, 0.5) is 32.2 Å². The van der Waals surface area contributed by atoms with Crippen LogP contribution in [0, 0.1) is 11.2 Å². The lowest BCUT2D eigenvalue weighted by Gasteiger charge is -2.47. The molecule has 1 heterocycles. The van der Waals surface area contributed by atoms with E-state index in [1.807, 2.05) is 30.3 Å². The summed E-state index contributed by atoms with van der Waals surface area (Å²) in [6.07, 6.45) is 3.91. The summed E-state index contributed by atoms with van der Waals surface area (Å²) < 4.78 is 20.0. The van der Waals surface area contributed by atoms with Gasteiger partial charge in [0.1, 0.15) is 11.4 Å². The molecule has 0 bridgehead atoms. The summed E-state index contributed by atoms with van der Waals surface area (Å²) in [7, 11) is 0. The molecule has 1 aliphatic carbocycles. The number of para-hydroxylation sites is 1. The van der Waals surface area contributed by atoms with Gasteiger partial charge in [0.2, 0.25) is 5.95 Å². The summed E-state index contributed by atoms with van der Waals surface area (Å²) in [6, 6.07) is 14.0. The molecule has 8 nitrogen and oxygen atoms in total. The topological polar surface area (TPSA) is 128 Å². The van der Waals surface area contributed by atoms with Crippen molar-refractivity contribution in [2.45, 2.75) is 58.1 Å². The third-order valence-corrected chi connectivity index (χ3v) is 6.91. The average molecular weight is 493 g/mol. The van der Waals surface area contributed by atoms with Crippen LogP contribution in [-0.2, 0) is 4.74 Å². The van der Waals surface area contributed by atoms with E-state index in [9.17, 15) is 9.18 Å². The van der Waals surface area contributed by atoms with Crippen LogP contribution in [0.3, 0.4) is 0 Å².